The molecule has 0 heterocycles. The number of hydrogen-bond acceptors (Lipinski definition) is 4. The third-order valence-corrected chi connectivity index (χ3v) is 2.13. The van der Waals surface area contributed by atoms with Gasteiger partial charge < -0.3 is 20.7 Å². The van der Waals surface area contributed by atoms with Gasteiger partial charge in [-0.15, -0.1) is 0 Å². The molecule has 0 saturated heterocycles. The molecule has 0 fully saturated rings. The average molecular weight is 259 g/mol. The maximum Gasteiger partial charge on any atom is 0.408 e. The van der Waals surface area contributed by atoms with Gasteiger partial charge in [0, 0.05) is 0 Å². The molecule has 0 aliphatic rings. The van der Waals surface area contributed by atoms with Gasteiger partial charge in [-0.05, 0) is 54.3 Å². The smallest absolute Gasteiger partial charge is 0.408 e. The Morgan fingerprint density at radius 1 is 1.33 bits per heavy atom. The van der Waals surface area contributed by atoms with E-state index in [9.17, 15) is 9.59 Å². The van der Waals surface area contributed by atoms with Crippen molar-refractivity contribution in [1.29, 1.82) is 0 Å². The number of amides is 2. The van der Waals surface area contributed by atoms with Crippen LogP contribution in [-0.4, -0.2) is 49.2 Å². The van der Waals surface area contributed by atoms with Gasteiger partial charge in [0.05, 0.1) is 0 Å². The lowest BCUT2D eigenvalue weighted by atomic mass is 10.1. The molecule has 6 nitrogen and oxygen atoms in total. The molecule has 0 aromatic rings. The third kappa shape index (κ3) is 8.81. The van der Waals surface area contributed by atoms with Crippen LogP contribution >= 0.6 is 0 Å². The third-order valence-electron chi connectivity index (χ3n) is 2.13. The molecule has 2 amide bonds. The molecular formula is C12H25N3O3. The molecule has 0 aromatic carbocycles. The quantitative estimate of drug-likeness (QED) is 0.735. The SMILES string of the molecule is CN(C)CCC[C@H](NC(=O)OC(C)(C)C)C(N)=O. The lowest BCUT2D eigenvalue weighted by Crippen LogP contribution is -2.46. The summed E-state index contributed by atoms with van der Waals surface area (Å²) in [5.74, 6) is -0.542. The number of nitrogens with one attached hydrogen (secondary N) is 1. The Bertz CT molecular complexity index is 285. The monoisotopic (exact) mass is 259 g/mol. The van der Waals surface area contributed by atoms with Crippen LogP contribution in [0.15, 0.2) is 0 Å². The average Bonchev–Trinajstić information content (AvgIpc) is 2.12. The standard InChI is InChI=1S/C12H25N3O3/c1-12(2,3)18-11(17)14-9(10(13)16)7-6-8-15(4)5/h9H,6-8H2,1-5H3,(H2,13,16)(H,14,17)/t9-/m0/s1. The molecule has 1 atom stereocenters. The minimum Gasteiger partial charge on any atom is -0.444 e. The van der Waals surface area contributed by atoms with Crippen molar-refractivity contribution < 1.29 is 14.3 Å². The van der Waals surface area contributed by atoms with Crippen LogP contribution in [0.5, 0.6) is 0 Å². The molecule has 0 aliphatic carbocycles. The molecule has 6 heteroatoms. The summed E-state index contributed by atoms with van der Waals surface area (Å²) in [6, 6.07) is -0.681. The van der Waals surface area contributed by atoms with Crippen molar-refractivity contribution >= 4 is 12.0 Å². The van der Waals surface area contributed by atoms with Gasteiger partial charge in [0.15, 0.2) is 0 Å². The predicted octanol–water partition coefficient (Wildman–Crippen LogP) is 0.707. The molecule has 0 aliphatic heterocycles. The van der Waals surface area contributed by atoms with Gasteiger partial charge in [-0.25, -0.2) is 4.79 Å². The van der Waals surface area contributed by atoms with Crippen molar-refractivity contribution in [3.63, 3.8) is 0 Å². The van der Waals surface area contributed by atoms with E-state index in [1.165, 1.54) is 0 Å². The summed E-state index contributed by atoms with van der Waals surface area (Å²) in [6.45, 7) is 6.12. The molecular weight excluding hydrogens is 234 g/mol. The van der Waals surface area contributed by atoms with E-state index < -0.39 is 23.6 Å². The number of carbonyl (C=O) groups excluding carboxylic acids is 2. The van der Waals surface area contributed by atoms with Gasteiger partial charge in [0.1, 0.15) is 11.6 Å². The highest BCUT2D eigenvalue weighted by Crippen LogP contribution is 2.07. The summed E-state index contributed by atoms with van der Waals surface area (Å²) in [7, 11) is 3.89. The first kappa shape index (κ1) is 16.7. The van der Waals surface area contributed by atoms with Crippen LogP contribution in [0.3, 0.4) is 0 Å². The largest absolute Gasteiger partial charge is 0.444 e. The number of alkyl carbamates (subject to hydrolysis) is 1. The number of primary amides is 1. The summed E-state index contributed by atoms with van der Waals surface area (Å²) >= 11 is 0. The molecule has 0 bridgehead atoms. The van der Waals surface area contributed by atoms with Gasteiger partial charge in [-0.2, -0.15) is 0 Å². The van der Waals surface area contributed by atoms with Crippen LogP contribution in [0.2, 0.25) is 0 Å². The normalized spacial score (nSPS) is 13.2. The van der Waals surface area contributed by atoms with Crippen LogP contribution in [0.25, 0.3) is 0 Å². The highest BCUT2D eigenvalue weighted by Gasteiger charge is 2.22. The maximum absolute atomic E-state index is 11.5. The first-order valence-electron chi connectivity index (χ1n) is 6.05. The van der Waals surface area contributed by atoms with E-state index in [2.05, 4.69) is 5.32 Å². The van der Waals surface area contributed by atoms with E-state index >= 15 is 0 Å². The second-order valence-corrected chi connectivity index (χ2v) is 5.55. The number of nitrogens with zero attached hydrogens (tertiary/aromatic N) is 1. The Hall–Kier alpha value is -1.30. The van der Waals surface area contributed by atoms with Gasteiger partial charge >= 0.3 is 6.09 Å². The van der Waals surface area contributed by atoms with E-state index in [1.54, 1.807) is 20.8 Å². The van der Waals surface area contributed by atoms with Crippen LogP contribution in [0.4, 0.5) is 4.79 Å². The van der Waals surface area contributed by atoms with E-state index in [1.807, 2.05) is 19.0 Å². The highest BCUT2D eigenvalue weighted by molar-refractivity contribution is 5.84. The van der Waals surface area contributed by atoms with Crippen LogP contribution < -0.4 is 11.1 Å². The second kappa shape index (κ2) is 7.20. The Morgan fingerprint density at radius 2 is 1.89 bits per heavy atom. The summed E-state index contributed by atoms with van der Waals surface area (Å²) < 4.78 is 5.08. The zero-order chi connectivity index (χ0) is 14.3. The van der Waals surface area contributed by atoms with Gasteiger partial charge in [0.25, 0.3) is 0 Å². The number of hydrogen-bond donors (Lipinski definition) is 2. The first-order chi connectivity index (χ1) is 8.11. The lowest BCUT2D eigenvalue weighted by Gasteiger charge is -2.22. The Balaban J connectivity index is 4.19. The van der Waals surface area contributed by atoms with Crippen molar-refractivity contribution in [2.45, 2.75) is 45.3 Å². The Labute approximate surface area is 109 Å². The fourth-order valence-corrected chi connectivity index (χ4v) is 1.35. The maximum atomic E-state index is 11.5. The van der Waals surface area contributed by atoms with E-state index in [0.717, 1.165) is 13.0 Å². The molecule has 106 valence electrons. The summed E-state index contributed by atoms with van der Waals surface area (Å²) in [5, 5.41) is 2.49. The molecule has 0 unspecified atom stereocenters. The first-order valence-corrected chi connectivity index (χ1v) is 6.05. The number of ether oxygens (including phenoxy) is 1. The van der Waals surface area contributed by atoms with Crippen LogP contribution in [0, 0.1) is 0 Å². The zero-order valence-electron chi connectivity index (χ0n) is 11.9. The Kier molecular flexibility index (Phi) is 6.68. The number of carbonyl (C=O) groups is 2. The predicted molar refractivity (Wildman–Crippen MR) is 70.1 cm³/mol. The zero-order valence-corrected chi connectivity index (χ0v) is 11.9. The topological polar surface area (TPSA) is 84.7 Å². The van der Waals surface area contributed by atoms with Crippen molar-refractivity contribution in [2.24, 2.45) is 5.73 Å². The molecule has 18 heavy (non-hydrogen) atoms. The van der Waals surface area contributed by atoms with Crippen molar-refractivity contribution in [3.8, 4) is 0 Å². The van der Waals surface area contributed by atoms with Crippen molar-refractivity contribution in [2.75, 3.05) is 20.6 Å². The fourth-order valence-electron chi connectivity index (χ4n) is 1.35. The van der Waals surface area contributed by atoms with E-state index in [0.29, 0.717) is 6.42 Å². The van der Waals surface area contributed by atoms with E-state index in [-0.39, 0.29) is 0 Å². The van der Waals surface area contributed by atoms with Gasteiger partial charge in [-0.3, -0.25) is 4.79 Å². The summed E-state index contributed by atoms with van der Waals surface area (Å²) in [6.07, 6.45) is 0.666. The minimum absolute atomic E-state index is 0.507. The van der Waals surface area contributed by atoms with Crippen molar-refractivity contribution in [1.82, 2.24) is 10.2 Å². The summed E-state index contributed by atoms with van der Waals surface area (Å²) in [5.41, 5.74) is 4.66. The number of nitrogens with two attached hydrogens (primary N) is 1. The van der Waals surface area contributed by atoms with Crippen LogP contribution in [-0.2, 0) is 9.53 Å². The van der Waals surface area contributed by atoms with Gasteiger partial charge in [0.2, 0.25) is 5.91 Å². The van der Waals surface area contributed by atoms with Crippen LogP contribution in [0.1, 0.15) is 33.6 Å². The molecule has 0 spiro atoms. The molecule has 3 N–H and O–H groups in total. The molecule has 0 radical (unpaired) electrons. The van der Waals surface area contributed by atoms with E-state index in [4.69, 9.17) is 10.5 Å². The van der Waals surface area contributed by atoms with Crippen molar-refractivity contribution in [3.05, 3.63) is 0 Å². The Morgan fingerprint density at radius 3 is 2.28 bits per heavy atom. The van der Waals surface area contributed by atoms with Gasteiger partial charge in [-0.1, -0.05) is 0 Å². The molecule has 0 rings (SSSR count). The lowest BCUT2D eigenvalue weighted by molar-refractivity contribution is -0.120. The second-order valence-electron chi connectivity index (χ2n) is 5.55. The molecule has 0 aromatic heterocycles. The summed E-state index contributed by atoms with van der Waals surface area (Å²) in [4.78, 5) is 24.7. The minimum atomic E-state index is -0.681. The number of rotatable bonds is 6. The fraction of sp³-hybridized carbons (Fsp3) is 0.833. The molecule has 0 saturated carbocycles. The highest BCUT2D eigenvalue weighted by atomic mass is 16.6.